The Balaban J connectivity index is 1.47. The van der Waals surface area contributed by atoms with Gasteiger partial charge in [0, 0.05) is 30.0 Å². The molecule has 0 saturated heterocycles. The largest absolute Gasteiger partial charge is 0.497 e. The Hall–Kier alpha value is -2.05. The van der Waals surface area contributed by atoms with Crippen LogP contribution in [0.5, 0.6) is 5.75 Å². The zero-order chi connectivity index (χ0) is 17.6. The molecule has 6 nitrogen and oxygen atoms in total. The first kappa shape index (κ1) is 17.8. The van der Waals surface area contributed by atoms with Gasteiger partial charge in [-0.05, 0) is 37.9 Å². The quantitative estimate of drug-likeness (QED) is 0.436. The number of nitrogens with one attached hydrogen (secondary N) is 1. The molecule has 0 atom stereocenters. The van der Waals surface area contributed by atoms with E-state index in [1.165, 1.54) is 10.9 Å². The molecule has 0 spiro atoms. The number of hydrogen-bond donors (Lipinski definition) is 2. The molecule has 2 aromatic rings. The highest BCUT2D eigenvalue weighted by Crippen LogP contribution is 2.32. The first-order valence-corrected chi connectivity index (χ1v) is 8.95. The maximum absolute atomic E-state index is 10.9. The summed E-state index contributed by atoms with van der Waals surface area (Å²) >= 11 is 0. The van der Waals surface area contributed by atoms with Crippen molar-refractivity contribution in [2.75, 3.05) is 20.2 Å². The van der Waals surface area contributed by atoms with Crippen LogP contribution in [-0.2, 0) is 17.8 Å². The molecule has 1 amide bonds. The van der Waals surface area contributed by atoms with Gasteiger partial charge in [-0.25, -0.2) is 5.48 Å². The molecule has 0 unspecified atom stereocenters. The van der Waals surface area contributed by atoms with Crippen LogP contribution in [-0.4, -0.2) is 36.2 Å². The molecule has 6 heteroatoms. The molecule has 1 aromatic heterocycles. The summed E-state index contributed by atoms with van der Waals surface area (Å²) in [7, 11) is 1.67. The van der Waals surface area contributed by atoms with E-state index in [0.29, 0.717) is 6.42 Å². The number of unbranched alkanes of at least 4 members (excludes halogenated alkanes) is 3. The molecule has 1 aromatic carbocycles. The van der Waals surface area contributed by atoms with Gasteiger partial charge in [0.1, 0.15) is 17.1 Å². The van der Waals surface area contributed by atoms with Crippen LogP contribution in [0.15, 0.2) is 22.6 Å². The number of benzene rings is 1. The second-order valence-electron chi connectivity index (χ2n) is 6.59. The standard InChI is InChI=1S/C19H26N2O4/c1-24-14-7-8-15-16-9-11-21(13-18(16)25-17(15)12-14)10-5-3-2-4-6-19(22)20-23/h7-8,12,23H,2-6,9-11,13H2,1H3,(H,20,22). The van der Waals surface area contributed by atoms with Gasteiger partial charge in [0.2, 0.25) is 5.91 Å². The van der Waals surface area contributed by atoms with Crippen LogP contribution in [0.1, 0.15) is 43.4 Å². The number of amides is 1. The number of fused-ring (bicyclic) bond motifs is 3. The zero-order valence-electron chi connectivity index (χ0n) is 14.7. The van der Waals surface area contributed by atoms with Gasteiger partial charge in [-0.15, -0.1) is 0 Å². The minimum atomic E-state index is -0.301. The van der Waals surface area contributed by atoms with Gasteiger partial charge in [0.25, 0.3) is 0 Å². The van der Waals surface area contributed by atoms with Gasteiger partial charge >= 0.3 is 0 Å². The van der Waals surface area contributed by atoms with E-state index in [-0.39, 0.29) is 5.91 Å². The summed E-state index contributed by atoms with van der Waals surface area (Å²) in [5, 5.41) is 9.65. The van der Waals surface area contributed by atoms with Crippen molar-refractivity contribution in [3.05, 3.63) is 29.5 Å². The number of hydroxylamine groups is 1. The van der Waals surface area contributed by atoms with Crippen molar-refractivity contribution in [3.8, 4) is 5.75 Å². The fourth-order valence-corrected chi connectivity index (χ4v) is 3.48. The third-order valence-corrected chi connectivity index (χ3v) is 4.88. The van der Waals surface area contributed by atoms with Crippen LogP contribution in [0.2, 0.25) is 0 Å². The molecule has 0 aliphatic carbocycles. The summed E-state index contributed by atoms with van der Waals surface area (Å²) in [6, 6.07) is 6.04. The van der Waals surface area contributed by atoms with Gasteiger partial charge in [-0.1, -0.05) is 12.8 Å². The van der Waals surface area contributed by atoms with E-state index < -0.39 is 0 Å². The highest BCUT2D eigenvalue weighted by Gasteiger charge is 2.22. The lowest BCUT2D eigenvalue weighted by Crippen LogP contribution is -2.30. The van der Waals surface area contributed by atoms with Crippen LogP contribution >= 0.6 is 0 Å². The molecule has 3 rings (SSSR count). The van der Waals surface area contributed by atoms with Crippen molar-refractivity contribution in [2.45, 2.75) is 45.1 Å². The van der Waals surface area contributed by atoms with Gasteiger partial charge in [-0.3, -0.25) is 14.9 Å². The Morgan fingerprint density at radius 3 is 2.96 bits per heavy atom. The number of carbonyl (C=O) groups is 1. The minimum absolute atomic E-state index is 0.301. The number of nitrogens with zero attached hydrogens (tertiary/aromatic N) is 1. The number of furan rings is 1. The van der Waals surface area contributed by atoms with E-state index >= 15 is 0 Å². The summed E-state index contributed by atoms with van der Waals surface area (Å²) in [6.45, 7) is 2.96. The summed E-state index contributed by atoms with van der Waals surface area (Å²) in [6.07, 6.45) is 5.46. The molecule has 0 bridgehead atoms. The Morgan fingerprint density at radius 2 is 2.16 bits per heavy atom. The summed E-state index contributed by atoms with van der Waals surface area (Å²) in [5.74, 6) is 1.60. The number of hydrogen-bond acceptors (Lipinski definition) is 5. The summed E-state index contributed by atoms with van der Waals surface area (Å²) in [5.41, 5.74) is 3.92. The Kier molecular flexibility index (Phi) is 5.94. The van der Waals surface area contributed by atoms with Gasteiger partial charge in [0.05, 0.1) is 13.7 Å². The predicted molar refractivity (Wildman–Crippen MR) is 94.8 cm³/mol. The zero-order valence-corrected chi connectivity index (χ0v) is 14.7. The monoisotopic (exact) mass is 346 g/mol. The van der Waals surface area contributed by atoms with E-state index in [0.717, 1.165) is 68.8 Å². The van der Waals surface area contributed by atoms with E-state index in [4.69, 9.17) is 14.4 Å². The molecule has 1 aliphatic heterocycles. The molecular weight excluding hydrogens is 320 g/mol. The molecule has 136 valence electrons. The Bertz CT molecular complexity index is 726. The number of ether oxygens (including phenoxy) is 1. The van der Waals surface area contributed by atoms with E-state index in [1.54, 1.807) is 12.6 Å². The van der Waals surface area contributed by atoms with Crippen LogP contribution in [0.4, 0.5) is 0 Å². The average molecular weight is 346 g/mol. The highest BCUT2D eigenvalue weighted by atomic mass is 16.5. The first-order valence-electron chi connectivity index (χ1n) is 8.95. The van der Waals surface area contributed by atoms with Crippen LogP contribution in [0.25, 0.3) is 11.0 Å². The minimum Gasteiger partial charge on any atom is -0.497 e. The molecule has 2 heterocycles. The summed E-state index contributed by atoms with van der Waals surface area (Å²) < 4.78 is 11.3. The topological polar surface area (TPSA) is 74.9 Å². The average Bonchev–Trinajstić information content (AvgIpc) is 3.00. The van der Waals surface area contributed by atoms with Gasteiger partial charge in [-0.2, -0.15) is 0 Å². The maximum Gasteiger partial charge on any atom is 0.243 e. The van der Waals surface area contributed by atoms with Crippen molar-refractivity contribution >= 4 is 16.9 Å². The number of rotatable bonds is 8. The van der Waals surface area contributed by atoms with Crippen LogP contribution < -0.4 is 10.2 Å². The molecule has 1 aliphatic rings. The normalized spacial score (nSPS) is 14.5. The second kappa shape index (κ2) is 8.36. The third-order valence-electron chi connectivity index (χ3n) is 4.88. The van der Waals surface area contributed by atoms with Crippen molar-refractivity contribution in [1.82, 2.24) is 10.4 Å². The van der Waals surface area contributed by atoms with Crippen LogP contribution in [0.3, 0.4) is 0 Å². The fraction of sp³-hybridized carbons (Fsp3) is 0.526. The molecule has 25 heavy (non-hydrogen) atoms. The van der Waals surface area contributed by atoms with Crippen LogP contribution in [0, 0.1) is 0 Å². The lowest BCUT2D eigenvalue weighted by molar-refractivity contribution is -0.129. The lowest BCUT2D eigenvalue weighted by atomic mass is 10.0. The van der Waals surface area contributed by atoms with E-state index in [9.17, 15) is 4.79 Å². The van der Waals surface area contributed by atoms with Crippen molar-refractivity contribution in [1.29, 1.82) is 0 Å². The van der Waals surface area contributed by atoms with Crippen molar-refractivity contribution in [3.63, 3.8) is 0 Å². The number of methoxy groups -OCH3 is 1. The van der Waals surface area contributed by atoms with Gasteiger partial charge in [0.15, 0.2) is 0 Å². The van der Waals surface area contributed by atoms with Gasteiger partial charge < -0.3 is 9.15 Å². The molecule has 0 radical (unpaired) electrons. The molecule has 0 saturated carbocycles. The predicted octanol–water partition coefficient (Wildman–Crippen LogP) is 3.26. The SMILES string of the molecule is COc1ccc2c3c(oc2c1)CN(CCCCCCC(=O)NO)CC3. The van der Waals surface area contributed by atoms with E-state index in [2.05, 4.69) is 11.0 Å². The third kappa shape index (κ3) is 4.32. The Labute approximate surface area is 147 Å². The van der Waals surface area contributed by atoms with Crippen molar-refractivity contribution < 1.29 is 19.2 Å². The fourth-order valence-electron chi connectivity index (χ4n) is 3.48. The Morgan fingerprint density at radius 1 is 1.32 bits per heavy atom. The second-order valence-corrected chi connectivity index (χ2v) is 6.59. The molecule has 2 N–H and O–H groups in total. The molecule has 0 fully saturated rings. The summed E-state index contributed by atoms with van der Waals surface area (Å²) in [4.78, 5) is 13.4. The maximum atomic E-state index is 10.9. The molecular formula is C19H26N2O4. The lowest BCUT2D eigenvalue weighted by Gasteiger charge is -2.25. The first-order chi connectivity index (χ1) is 12.2. The smallest absolute Gasteiger partial charge is 0.243 e. The van der Waals surface area contributed by atoms with E-state index in [1.807, 2.05) is 12.1 Å². The highest BCUT2D eigenvalue weighted by molar-refractivity contribution is 5.83. The number of carbonyl (C=O) groups excluding carboxylic acids is 1. The van der Waals surface area contributed by atoms with Crippen molar-refractivity contribution in [2.24, 2.45) is 0 Å².